The summed E-state index contributed by atoms with van der Waals surface area (Å²) in [5.74, 6) is 0. The van der Waals surface area contributed by atoms with E-state index >= 15 is 0 Å². The van der Waals surface area contributed by atoms with Gasteiger partial charge in [0, 0.05) is 27.1 Å². The van der Waals surface area contributed by atoms with E-state index < -0.39 is 0 Å². The molecule has 0 bridgehead atoms. The van der Waals surface area contributed by atoms with Gasteiger partial charge in [0.1, 0.15) is 0 Å². The van der Waals surface area contributed by atoms with Crippen molar-refractivity contribution in [2.75, 3.05) is 0 Å². The van der Waals surface area contributed by atoms with Crippen LogP contribution in [0.15, 0.2) is 200 Å². The van der Waals surface area contributed by atoms with E-state index in [1.165, 1.54) is 0 Å². The molecule has 0 saturated carbocycles. The summed E-state index contributed by atoms with van der Waals surface area (Å²) < 4.78 is 4.27. The number of nitriles is 7. The predicted octanol–water partition coefficient (Wildman–Crippen LogP) is 15.3. The van der Waals surface area contributed by atoms with Gasteiger partial charge in [0.25, 0.3) is 0 Å². The number of hydrogen-bond donors (Lipinski definition) is 0. The number of fused-ring (bicyclic) bond motifs is 6. The Balaban J connectivity index is 1.22. The number of rotatable bonds is 7. The molecule has 0 aliphatic rings. The highest BCUT2D eigenvalue weighted by molar-refractivity contribution is 6.14. The molecule has 0 saturated heterocycles. The summed E-state index contributed by atoms with van der Waals surface area (Å²) in [6, 6.07) is 79.5. The van der Waals surface area contributed by atoms with E-state index in [-0.39, 0.29) is 11.1 Å². The lowest BCUT2D eigenvalue weighted by molar-refractivity contribution is 1.13. The first-order valence-electron chi connectivity index (χ1n) is 24.0. The normalized spacial score (nSPS) is 10.8. The maximum absolute atomic E-state index is 11.1. The molecule has 0 aliphatic heterocycles. The third-order valence-corrected chi connectivity index (χ3v) is 14.0. The Kier molecular flexibility index (Phi) is 11.0. The minimum Gasteiger partial charge on any atom is -0.308 e. The fraction of sp³-hybridized carbons (Fsp3) is 0. The molecular formula is C67H33N9. The van der Waals surface area contributed by atoms with Crippen LogP contribution in [0.2, 0.25) is 0 Å². The van der Waals surface area contributed by atoms with E-state index in [2.05, 4.69) is 75.9 Å². The molecule has 9 nitrogen and oxygen atoms in total. The Bertz CT molecular complexity index is 4290. The second-order valence-electron chi connectivity index (χ2n) is 18.4. The Hall–Kier alpha value is -11.8. The molecule has 0 aliphatic carbocycles. The zero-order valence-corrected chi connectivity index (χ0v) is 40.1. The maximum Gasteiger partial charge on any atom is 0.0993 e. The summed E-state index contributed by atoms with van der Waals surface area (Å²) in [7, 11) is 0. The number of benzene rings is 10. The molecule has 0 amide bonds. The van der Waals surface area contributed by atoms with Gasteiger partial charge in [-0.25, -0.2) is 0 Å². The average molecular weight is 964 g/mol. The van der Waals surface area contributed by atoms with Gasteiger partial charge >= 0.3 is 0 Å². The fourth-order valence-electron chi connectivity index (χ4n) is 10.6. The van der Waals surface area contributed by atoms with Crippen molar-refractivity contribution in [1.29, 1.82) is 36.8 Å². The van der Waals surface area contributed by atoms with Crippen LogP contribution >= 0.6 is 0 Å². The van der Waals surface area contributed by atoms with Gasteiger partial charge in [-0.1, -0.05) is 72.8 Å². The van der Waals surface area contributed by atoms with Crippen LogP contribution in [0.25, 0.3) is 111 Å². The summed E-state index contributed by atoms with van der Waals surface area (Å²) in [6.45, 7) is 0. The molecule has 9 heteroatoms. The number of aromatic nitrogens is 2. The first-order chi connectivity index (χ1) is 37.3. The van der Waals surface area contributed by atoms with Crippen molar-refractivity contribution in [3.05, 3.63) is 239 Å². The monoisotopic (exact) mass is 963 g/mol. The lowest BCUT2D eigenvalue weighted by atomic mass is 9.95. The second kappa shape index (κ2) is 18.4. The smallest absolute Gasteiger partial charge is 0.0993 e. The van der Waals surface area contributed by atoms with E-state index in [1.54, 1.807) is 42.5 Å². The highest BCUT2D eigenvalue weighted by Gasteiger charge is 2.25. The van der Waals surface area contributed by atoms with Gasteiger partial charge in [0.2, 0.25) is 0 Å². The van der Waals surface area contributed by atoms with Crippen molar-refractivity contribution in [2.45, 2.75) is 0 Å². The van der Waals surface area contributed by atoms with Crippen molar-refractivity contribution in [3.63, 3.8) is 0 Å². The van der Waals surface area contributed by atoms with Gasteiger partial charge in [-0.3, -0.25) is 0 Å². The van der Waals surface area contributed by atoms with Gasteiger partial charge in [-0.15, -0.1) is 0 Å². The van der Waals surface area contributed by atoms with Crippen LogP contribution in [0.4, 0.5) is 0 Å². The first kappa shape index (κ1) is 45.4. The highest BCUT2D eigenvalue weighted by Crippen LogP contribution is 2.46. The summed E-state index contributed by atoms with van der Waals surface area (Å²) in [5, 5.41) is 75.1. The van der Waals surface area contributed by atoms with Gasteiger partial charge in [-0.05, 0) is 177 Å². The highest BCUT2D eigenvalue weighted by atomic mass is 15.0. The molecule has 2 heterocycles. The molecule has 2 aromatic heterocycles. The van der Waals surface area contributed by atoms with E-state index in [0.717, 1.165) is 88.1 Å². The largest absolute Gasteiger partial charge is 0.308 e. The van der Waals surface area contributed by atoms with Crippen LogP contribution in [0.1, 0.15) is 38.9 Å². The SMILES string of the molecule is N#Cc1cccc(-c2ccc3c(c2)c2cc(-c4cccc(C#N)c4)ccc2n3-c2cc(C#N)cc(-n3c4ccc(-c5cccc(C#N)c5)cc4c4cc(-c5cccc(C#N)c5)ccc43)c2-c2cc(C#N)cc(C#N)c2)c1. The quantitative estimate of drug-likeness (QED) is 0.153. The van der Waals surface area contributed by atoms with Gasteiger partial charge in [0.15, 0.2) is 0 Å². The molecule has 76 heavy (non-hydrogen) atoms. The molecule has 346 valence electrons. The molecule has 0 spiro atoms. The van der Waals surface area contributed by atoms with Gasteiger partial charge in [0.05, 0.1) is 115 Å². The Morgan fingerprint density at radius 2 is 0.474 bits per heavy atom. The number of nitrogens with zero attached hydrogens (tertiary/aromatic N) is 9. The van der Waals surface area contributed by atoms with Gasteiger partial charge < -0.3 is 9.13 Å². The van der Waals surface area contributed by atoms with Gasteiger partial charge in [-0.2, -0.15) is 36.8 Å². The van der Waals surface area contributed by atoms with Crippen LogP contribution in [-0.2, 0) is 0 Å². The Morgan fingerprint density at radius 1 is 0.224 bits per heavy atom. The number of hydrogen-bond acceptors (Lipinski definition) is 7. The third-order valence-electron chi connectivity index (χ3n) is 14.0. The Morgan fingerprint density at radius 3 is 0.750 bits per heavy atom. The summed E-state index contributed by atoms with van der Waals surface area (Å²) in [6.07, 6.45) is 0. The molecule has 0 radical (unpaired) electrons. The van der Waals surface area contributed by atoms with Crippen molar-refractivity contribution in [2.24, 2.45) is 0 Å². The molecule has 12 aromatic rings. The van der Waals surface area contributed by atoms with Crippen molar-refractivity contribution in [1.82, 2.24) is 9.13 Å². The topological polar surface area (TPSA) is 176 Å². The molecule has 0 N–H and O–H groups in total. The minimum absolute atomic E-state index is 0.279. The van der Waals surface area contributed by atoms with E-state index in [4.69, 9.17) is 0 Å². The van der Waals surface area contributed by atoms with E-state index in [9.17, 15) is 36.8 Å². The van der Waals surface area contributed by atoms with Crippen LogP contribution in [0.3, 0.4) is 0 Å². The first-order valence-corrected chi connectivity index (χ1v) is 24.0. The molecular weight excluding hydrogens is 931 g/mol. The van der Waals surface area contributed by atoms with E-state index in [1.807, 2.05) is 133 Å². The molecule has 0 unspecified atom stereocenters. The third kappa shape index (κ3) is 7.69. The Labute approximate surface area is 436 Å². The standard InChI is InChI=1S/C67H33N9/c68-34-41-5-1-9-48(22-41)52-13-17-61-57(30-52)58-31-53(49-10-2-6-42(23-49)35-69)14-18-62(58)75(61)65-28-47(40-74)29-66(67(65)56-26-45(38-72)21-46(27-56)39-73)76-63-19-15-54(50-11-3-7-43(24-50)36-70)32-59(63)60-33-55(16-20-64(60)76)51-12-4-8-44(25-51)37-71/h1-33H. The lowest BCUT2D eigenvalue weighted by Gasteiger charge is -2.21. The summed E-state index contributed by atoms with van der Waals surface area (Å²) in [5.41, 5.74) is 15.6. The fourth-order valence-corrected chi connectivity index (χ4v) is 10.6. The summed E-state index contributed by atoms with van der Waals surface area (Å²) in [4.78, 5) is 0. The van der Waals surface area contributed by atoms with Crippen molar-refractivity contribution < 1.29 is 0 Å². The second-order valence-corrected chi connectivity index (χ2v) is 18.4. The van der Waals surface area contributed by atoms with Crippen LogP contribution in [0, 0.1) is 79.3 Å². The molecule has 0 atom stereocenters. The van der Waals surface area contributed by atoms with Crippen LogP contribution in [-0.4, -0.2) is 9.13 Å². The lowest BCUT2D eigenvalue weighted by Crippen LogP contribution is -2.05. The zero-order valence-electron chi connectivity index (χ0n) is 40.1. The van der Waals surface area contributed by atoms with Crippen LogP contribution in [0.5, 0.6) is 0 Å². The van der Waals surface area contributed by atoms with Crippen molar-refractivity contribution >= 4 is 43.6 Å². The molecule has 10 aromatic carbocycles. The average Bonchev–Trinajstić information content (AvgIpc) is 4.10. The maximum atomic E-state index is 11.1. The summed E-state index contributed by atoms with van der Waals surface area (Å²) >= 11 is 0. The molecule has 12 rings (SSSR count). The zero-order chi connectivity index (χ0) is 52.0. The minimum atomic E-state index is 0.279. The predicted molar refractivity (Wildman–Crippen MR) is 295 cm³/mol. The van der Waals surface area contributed by atoms with Crippen LogP contribution < -0.4 is 0 Å². The molecule has 0 fully saturated rings. The van der Waals surface area contributed by atoms with Crippen molar-refractivity contribution in [3.8, 4) is 109 Å². The van der Waals surface area contributed by atoms with E-state index in [0.29, 0.717) is 50.3 Å².